The molecule has 4 heterocycles. The molecule has 0 unspecified atom stereocenters. The number of aromatic nitrogens is 4. The summed E-state index contributed by atoms with van der Waals surface area (Å²) in [4.78, 5) is 2.27. The van der Waals surface area contributed by atoms with E-state index < -0.39 is 0 Å². The Bertz CT molecular complexity index is 993. The Hall–Kier alpha value is -1.93. The molecule has 7 nitrogen and oxygen atoms in total. The lowest BCUT2D eigenvalue weighted by Gasteiger charge is -2.45. The third kappa shape index (κ3) is 3.33. The van der Waals surface area contributed by atoms with Crippen molar-refractivity contribution < 1.29 is 9.47 Å². The number of morpholine rings is 1. The number of halogens is 2. The van der Waals surface area contributed by atoms with Gasteiger partial charge in [-0.25, -0.2) is 0 Å². The van der Waals surface area contributed by atoms with Crippen LogP contribution in [-0.4, -0.2) is 58.3 Å². The Morgan fingerprint density at radius 1 is 0.964 bits per heavy atom. The molecule has 1 aromatic carbocycles. The Morgan fingerprint density at radius 3 is 2.54 bits per heavy atom. The molecule has 3 aromatic rings. The van der Waals surface area contributed by atoms with Crippen molar-refractivity contribution in [1.29, 1.82) is 0 Å². The maximum atomic E-state index is 6.16. The van der Waals surface area contributed by atoms with Crippen molar-refractivity contribution >= 4 is 34.7 Å². The maximum Gasteiger partial charge on any atom is 0.185 e. The quantitative estimate of drug-likeness (QED) is 0.633. The molecule has 146 valence electrons. The average molecular weight is 420 g/mol. The van der Waals surface area contributed by atoms with Crippen LogP contribution in [0.4, 0.5) is 5.82 Å². The molecule has 5 rings (SSSR count). The predicted molar refractivity (Wildman–Crippen MR) is 107 cm³/mol. The minimum atomic E-state index is -0.149. The standard InChI is InChI=1S/C19H19Cl2N5O2/c20-14-9-13(10-15(21)11-14)18-23-22-16-1-2-17(24-26(16)18)25-5-8-28-19(12-25)3-6-27-7-4-19/h1-2,9-11H,3-8,12H2. The molecule has 2 saturated heterocycles. The Morgan fingerprint density at radius 2 is 1.75 bits per heavy atom. The van der Waals surface area contributed by atoms with Crippen molar-refractivity contribution in [1.82, 2.24) is 19.8 Å². The second-order valence-electron chi connectivity index (χ2n) is 7.21. The van der Waals surface area contributed by atoms with E-state index in [-0.39, 0.29) is 5.60 Å². The summed E-state index contributed by atoms with van der Waals surface area (Å²) < 4.78 is 13.4. The summed E-state index contributed by atoms with van der Waals surface area (Å²) in [5, 5.41) is 14.4. The Kier molecular flexibility index (Phi) is 4.63. The van der Waals surface area contributed by atoms with Gasteiger partial charge in [-0.3, -0.25) is 0 Å². The lowest BCUT2D eigenvalue weighted by molar-refractivity contribution is -0.116. The van der Waals surface area contributed by atoms with Gasteiger partial charge in [0.15, 0.2) is 11.5 Å². The second kappa shape index (κ2) is 7.15. The zero-order valence-electron chi connectivity index (χ0n) is 15.1. The predicted octanol–water partition coefficient (Wildman–Crippen LogP) is 3.48. The van der Waals surface area contributed by atoms with Crippen LogP contribution >= 0.6 is 23.2 Å². The van der Waals surface area contributed by atoms with Gasteiger partial charge >= 0.3 is 0 Å². The number of rotatable bonds is 2. The summed E-state index contributed by atoms with van der Waals surface area (Å²) in [6, 6.07) is 9.22. The largest absolute Gasteiger partial charge is 0.381 e. The number of fused-ring (bicyclic) bond motifs is 1. The van der Waals surface area contributed by atoms with Crippen molar-refractivity contribution in [3.05, 3.63) is 40.4 Å². The number of hydrogen-bond donors (Lipinski definition) is 0. The van der Waals surface area contributed by atoms with E-state index in [1.807, 2.05) is 24.3 Å². The number of hydrogen-bond acceptors (Lipinski definition) is 6. The summed E-state index contributed by atoms with van der Waals surface area (Å²) in [6.07, 6.45) is 1.81. The van der Waals surface area contributed by atoms with Crippen LogP contribution in [0.5, 0.6) is 0 Å². The van der Waals surface area contributed by atoms with Gasteiger partial charge in [0.2, 0.25) is 0 Å². The molecule has 0 amide bonds. The number of anilines is 1. The first kappa shape index (κ1) is 18.1. The van der Waals surface area contributed by atoms with Crippen molar-refractivity contribution in [3.63, 3.8) is 0 Å². The zero-order chi connectivity index (χ0) is 19.1. The average Bonchev–Trinajstić information content (AvgIpc) is 3.11. The molecule has 9 heteroatoms. The number of ether oxygens (including phenoxy) is 2. The highest BCUT2D eigenvalue weighted by Gasteiger charge is 2.38. The highest BCUT2D eigenvalue weighted by molar-refractivity contribution is 6.35. The molecular weight excluding hydrogens is 401 g/mol. The van der Waals surface area contributed by atoms with Crippen molar-refractivity contribution in [3.8, 4) is 11.4 Å². The summed E-state index contributed by atoms with van der Waals surface area (Å²) in [5.74, 6) is 1.48. The minimum Gasteiger partial charge on any atom is -0.381 e. The Balaban J connectivity index is 1.51. The second-order valence-corrected chi connectivity index (χ2v) is 8.08. The number of nitrogens with zero attached hydrogens (tertiary/aromatic N) is 5. The van der Waals surface area contributed by atoms with E-state index in [4.69, 9.17) is 37.8 Å². The highest BCUT2D eigenvalue weighted by atomic mass is 35.5. The maximum absolute atomic E-state index is 6.16. The lowest BCUT2D eigenvalue weighted by Crippen LogP contribution is -2.54. The molecule has 0 radical (unpaired) electrons. The van der Waals surface area contributed by atoms with E-state index in [0.717, 1.165) is 50.5 Å². The van der Waals surface area contributed by atoms with Gasteiger partial charge < -0.3 is 14.4 Å². The third-order valence-corrected chi connectivity index (χ3v) is 5.78. The molecule has 0 atom stereocenters. The monoisotopic (exact) mass is 419 g/mol. The summed E-state index contributed by atoms with van der Waals surface area (Å²) in [7, 11) is 0. The van der Waals surface area contributed by atoms with Crippen molar-refractivity contribution in [2.75, 3.05) is 37.8 Å². The molecule has 28 heavy (non-hydrogen) atoms. The molecule has 2 aliphatic heterocycles. The van der Waals surface area contributed by atoms with Gasteiger partial charge in [-0.15, -0.1) is 15.3 Å². The fourth-order valence-corrected chi connectivity index (χ4v) is 4.42. The van der Waals surface area contributed by atoms with Gasteiger partial charge in [0, 0.05) is 54.8 Å². The fourth-order valence-electron chi connectivity index (χ4n) is 3.90. The van der Waals surface area contributed by atoms with Gasteiger partial charge in [0.25, 0.3) is 0 Å². The van der Waals surface area contributed by atoms with Crippen LogP contribution in [0.25, 0.3) is 17.0 Å². The SMILES string of the molecule is Clc1cc(Cl)cc(-c2nnc3ccc(N4CCOC5(CCOCC5)C4)nn23)c1. The van der Waals surface area contributed by atoms with E-state index >= 15 is 0 Å². The van der Waals surface area contributed by atoms with Crippen LogP contribution in [0.15, 0.2) is 30.3 Å². The van der Waals surface area contributed by atoms with Crippen LogP contribution in [0, 0.1) is 0 Å². The van der Waals surface area contributed by atoms with Crippen LogP contribution in [0.1, 0.15) is 12.8 Å². The van der Waals surface area contributed by atoms with Crippen LogP contribution in [0.3, 0.4) is 0 Å². The van der Waals surface area contributed by atoms with Gasteiger partial charge in [0.05, 0.1) is 12.2 Å². The highest BCUT2D eigenvalue weighted by Crippen LogP contribution is 2.31. The molecule has 1 spiro atoms. The van der Waals surface area contributed by atoms with E-state index in [1.54, 1.807) is 10.6 Å². The van der Waals surface area contributed by atoms with Crippen LogP contribution in [-0.2, 0) is 9.47 Å². The number of benzene rings is 1. The van der Waals surface area contributed by atoms with Gasteiger partial charge in [-0.1, -0.05) is 23.2 Å². The molecule has 2 aromatic heterocycles. The van der Waals surface area contributed by atoms with Gasteiger partial charge in [-0.05, 0) is 30.3 Å². The van der Waals surface area contributed by atoms with E-state index in [0.29, 0.717) is 28.1 Å². The van der Waals surface area contributed by atoms with E-state index in [2.05, 4.69) is 15.1 Å². The third-order valence-electron chi connectivity index (χ3n) is 5.35. The van der Waals surface area contributed by atoms with E-state index in [9.17, 15) is 0 Å². The van der Waals surface area contributed by atoms with Gasteiger partial charge in [0.1, 0.15) is 5.82 Å². The lowest BCUT2D eigenvalue weighted by atomic mass is 9.92. The van der Waals surface area contributed by atoms with Crippen LogP contribution < -0.4 is 4.90 Å². The van der Waals surface area contributed by atoms with Crippen molar-refractivity contribution in [2.45, 2.75) is 18.4 Å². The first-order chi connectivity index (χ1) is 13.6. The Labute approximate surface area is 172 Å². The van der Waals surface area contributed by atoms with Crippen LogP contribution in [0.2, 0.25) is 10.0 Å². The van der Waals surface area contributed by atoms with Gasteiger partial charge in [-0.2, -0.15) is 4.52 Å². The smallest absolute Gasteiger partial charge is 0.185 e. The normalized spacial score (nSPS) is 19.4. The minimum absolute atomic E-state index is 0.149. The molecule has 0 aliphatic carbocycles. The topological polar surface area (TPSA) is 64.8 Å². The molecule has 0 bridgehead atoms. The summed E-state index contributed by atoms with van der Waals surface area (Å²) in [5.41, 5.74) is 1.30. The first-order valence-electron chi connectivity index (χ1n) is 9.28. The zero-order valence-corrected chi connectivity index (χ0v) is 16.7. The molecule has 0 saturated carbocycles. The molecular formula is C19H19Cl2N5O2. The molecule has 2 aliphatic rings. The van der Waals surface area contributed by atoms with E-state index in [1.165, 1.54) is 0 Å². The summed E-state index contributed by atoms with van der Waals surface area (Å²) in [6.45, 7) is 3.76. The fraction of sp³-hybridized carbons (Fsp3) is 0.421. The molecule has 0 N–H and O–H groups in total. The van der Waals surface area contributed by atoms with Crippen molar-refractivity contribution in [2.24, 2.45) is 0 Å². The first-order valence-corrected chi connectivity index (χ1v) is 10.0. The summed E-state index contributed by atoms with van der Waals surface area (Å²) >= 11 is 12.3. The molecule has 2 fully saturated rings.